The minimum Gasteiger partial charge on any atom is -0.493 e. The van der Waals surface area contributed by atoms with Gasteiger partial charge in [0, 0.05) is 36.2 Å². The number of fused-ring (bicyclic) bond motifs is 1. The Balaban J connectivity index is 1.72. The Morgan fingerprint density at radius 3 is 2.65 bits per heavy atom. The lowest BCUT2D eigenvalue weighted by Gasteiger charge is -2.13. The van der Waals surface area contributed by atoms with E-state index in [4.69, 9.17) is 9.47 Å². The molecule has 134 valence electrons. The minimum absolute atomic E-state index is 0.0999. The van der Waals surface area contributed by atoms with Crippen LogP contribution in [0, 0.1) is 5.92 Å². The summed E-state index contributed by atoms with van der Waals surface area (Å²) in [6.45, 7) is 6.16. The summed E-state index contributed by atoms with van der Waals surface area (Å²) >= 11 is 0. The lowest BCUT2D eigenvalue weighted by atomic mass is 10.1. The predicted molar refractivity (Wildman–Crippen MR) is 104 cm³/mol. The van der Waals surface area contributed by atoms with Crippen molar-refractivity contribution in [2.45, 2.75) is 6.92 Å². The van der Waals surface area contributed by atoms with Crippen molar-refractivity contribution in [3.63, 3.8) is 0 Å². The summed E-state index contributed by atoms with van der Waals surface area (Å²) in [5, 5.41) is 1.17. The fourth-order valence-electron chi connectivity index (χ4n) is 2.86. The van der Waals surface area contributed by atoms with Gasteiger partial charge in [-0.05, 0) is 23.8 Å². The van der Waals surface area contributed by atoms with Crippen LogP contribution in [0.25, 0.3) is 22.2 Å². The molecule has 0 saturated heterocycles. The van der Waals surface area contributed by atoms with Gasteiger partial charge < -0.3 is 14.0 Å². The fraction of sp³-hybridized carbons (Fsp3) is 0.227. The van der Waals surface area contributed by atoms with Gasteiger partial charge >= 0.3 is 5.97 Å². The average Bonchev–Trinajstić information content (AvgIpc) is 3.01. The standard InChI is InChI=1S/C22H23NO3/c1-4-22(24)26-15-16(2)14-25-19-11-10-18-12-20(23(3)21(18)13-19)17-8-6-5-7-9-17/h4-13,16H,1,14-15H2,2-3H3. The average molecular weight is 349 g/mol. The van der Waals surface area contributed by atoms with Gasteiger partial charge in [-0.1, -0.05) is 43.8 Å². The van der Waals surface area contributed by atoms with E-state index in [2.05, 4.69) is 42.5 Å². The van der Waals surface area contributed by atoms with Crippen LogP contribution in [-0.4, -0.2) is 23.8 Å². The Hall–Kier alpha value is -3.01. The van der Waals surface area contributed by atoms with Gasteiger partial charge in [0.25, 0.3) is 0 Å². The van der Waals surface area contributed by atoms with Gasteiger partial charge in [0.05, 0.1) is 18.7 Å². The molecule has 4 nitrogen and oxygen atoms in total. The molecule has 0 aliphatic rings. The number of carbonyl (C=O) groups is 1. The molecule has 0 bridgehead atoms. The minimum atomic E-state index is -0.407. The van der Waals surface area contributed by atoms with Crippen molar-refractivity contribution in [2.75, 3.05) is 13.2 Å². The third-order valence-corrected chi connectivity index (χ3v) is 4.30. The second-order valence-electron chi connectivity index (χ2n) is 6.43. The number of aryl methyl sites for hydroxylation is 1. The Bertz CT molecular complexity index is 912. The van der Waals surface area contributed by atoms with Gasteiger partial charge in [-0.25, -0.2) is 4.79 Å². The van der Waals surface area contributed by atoms with Gasteiger partial charge in [0.2, 0.25) is 0 Å². The second kappa shape index (κ2) is 7.91. The van der Waals surface area contributed by atoms with E-state index in [1.54, 1.807) is 0 Å². The monoisotopic (exact) mass is 349 g/mol. The van der Waals surface area contributed by atoms with Crippen LogP contribution in [0.3, 0.4) is 0 Å². The van der Waals surface area contributed by atoms with Crippen LogP contribution in [0.4, 0.5) is 0 Å². The van der Waals surface area contributed by atoms with Crippen molar-refractivity contribution in [1.82, 2.24) is 4.57 Å². The predicted octanol–water partition coefficient (Wildman–Crippen LogP) is 4.59. The first-order chi connectivity index (χ1) is 12.6. The van der Waals surface area contributed by atoms with Crippen LogP contribution in [-0.2, 0) is 16.6 Å². The highest BCUT2D eigenvalue weighted by Gasteiger charge is 2.10. The molecule has 0 amide bonds. The number of benzene rings is 2. The van der Waals surface area contributed by atoms with E-state index in [0.717, 1.165) is 11.3 Å². The molecular weight excluding hydrogens is 326 g/mol. The zero-order chi connectivity index (χ0) is 18.5. The molecule has 1 atom stereocenters. The number of nitrogens with zero attached hydrogens (tertiary/aromatic N) is 1. The third-order valence-electron chi connectivity index (χ3n) is 4.30. The van der Waals surface area contributed by atoms with Crippen LogP contribution in [0.15, 0.2) is 67.3 Å². The normalized spacial score (nSPS) is 11.9. The molecule has 2 aromatic carbocycles. The number of hydrogen-bond acceptors (Lipinski definition) is 3. The molecule has 1 unspecified atom stereocenters. The Kier molecular flexibility index (Phi) is 5.42. The smallest absolute Gasteiger partial charge is 0.330 e. The number of carbonyl (C=O) groups excluding carboxylic acids is 1. The zero-order valence-electron chi connectivity index (χ0n) is 15.1. The first kappa shape index (κ1) is 17.8. The molecule has 0 aliphatic carbocycles. The SMILES string of the molecule is C=CC(=O)OCC(C)COc1ccc2cc(-c3ccccc3)n(C)c2c1. The molecule has 1 aromatic heterocycles. The number of ether oxygens (including phenoxy) is 2. The first-order valence-electron chi connectivity index (χ1n) is 8.65. The highest BCUT2D eigenvalue weighted by molar-refractivity contribution is 5.88. The lowest BCUT2D eigenvalue weighted by molar-refractivity contribution is -0.139. The van der Waals surface area contributed by atoms with Gasteiger partial charge in [-0.3, -0.25) is 0 Å². The van der Waals surface area contributed by atoms with E-state index in [1.807, 2.05) is 37.3 Å². The van der Waals surface area contributed by atoms with Crippen molar-refractivity contribution in [3.8, 4) is 17.0 Å². The zero-order valence-corrected chi connectivity index (χ0v) is 15.1. The molecule has 26 heavy (non-hydrogen) atoms. The largest absolute Gasteiger partial charge is 0.493 e. The number of rotatable bonds is 7. The Morgan fingerprint density at radius 1 is 1.15 bits per heavy atom. The van der Waals surface area contributed by atoms with Crippen molar-refractivity contribution in [1.29, 1.82) is 0 Å². The summed E-state index contributed by atoms with van der Waals surface area (Å²) in [5.74, 6) is 0.499. The molecule has 0 fully saturated rings. The molecule has 0 N–H and O–H groups in total. The highest BCUT2D eigenvalue weighted by Crippen LogP contribution is 2.29. The molecule has 0 saturated carbocycles. The maximum absolute atomic E-state index is 11.1. The molecule has 3 aromatic rings. The van der Waals surface area contributed by atoms with E-state index in [-0.39, 0.29) is 5.92 Å². The van der Waals surface area contributed by atoms with Crippen molar-refractivity contribution in [2.24, 2.45) is 13.0 Å². The molecular formula is C22H23NO3. The molecule has 1 heterocycles. The van der Waals surface area contributed by atoms with E-state index in [9.17, 15) is 4.79 Å². The summed E-state index contributed by atoms with van der Waals surface area (Å²) < 4.78 is 13.1. The van der Waals surface area contributed by atoms with Crippen LogP contribution in [0.1, 0.15) is 6.92 Å². The van der Waals surface area contributed by atoms with Crippen molar-refractivity contribution in [3.05, 3.63) is 67.3 Å². The molecule has 3 rings (SSSR count). The van der Waals surface area contributed by atoms with Crippen LogP contribution >= 0.6 is 0 Å². The number of aromatic nitrogens is 1. The quantitative estimate of drug-likeness (QED) is 0.463. The van der Waals surface area contributed by atoms with E-state index < -0.39 is 5.97 Å². The van der Waals surface area contributed by atoms with E-state index in [1.165, 1.54) is 22.7 Å². The van der Waals surface area contributed by atoms with Gasteiger partial charge in [-0.2, -0.15) is 0 Å². The second-order valence-corrected chi connectivity index (χ2v) is 6.43. The van der Waals surface area contributed by atoms with Crippen LogP contribution in [0.5, 0.6) is 5.75 Å². The number of esters is 1. The van der Waals surface area contributed by atoms with Crippen LogP contribution < -0.4 is 4.74 Å². The maximum atomic E-state index is 11.1. The highest BCUT2D eigenvalue weighted by atomic mass is 16.5. The summed E-state index contributed by atoms with van der Waals surface area (Å²) in [7, 11) is 2.06. The summed E-state index contributed by atoms with van der Waals surface area (Å²) in [6.07, 6.45) is 1.17. The van der Waals surface area contributed by atoms with Gasteiger partial charge in [0.1, 0.15) is 5.75 Å². The van der Waals surface area contributed by atoms with Crippen molar-refractivity contribution >= 4 is 16.9 Å². The first-order valence-corrected chi connectivity index (χ1v) is 8.65. The Labute approximate surface area is 153 Å². The molecule has 0 aliphatic heterocycles. The van der Waals surface area contributed by atoms with E-state index >= 15 is 0 Å². The van der Waals surface area contributed by atoms with Gasteiger partial charge in [0.15, 0.2) is 0 Å². The molecule has 0 radical (unpaired) electrons. The number of hydrogen-bond donors (Lipinski definition) is 0. The fourth-order valence-corrected chi connectivity index (χ4v) is 2.86. The lowest BCUT2D eigenvalue weighted by Crippen LogP contribution is -2.16. The van der Waals surface area contributed by atoms with Gasteiger partial charge in [-0.15, -0.1) is 0 Å². The summed E-state index contributed by atoms with van der Waals surface area (Å²) in [6, 6.07) is 18.6. The van der Waals surface area contributed by atoms with Crippen molar-refractivity contribution < 1.29 is 14.3 Å². The topological polar surface area (TPSA) is 40.5 Å². The Morgan fingerprint density at radius 2 is 1.92 bits per heavy atom. The summed E-state index contributed by atoms with van der Waals surface area (Å²) in [4.78, 5) is 11.1. The van der Waals surface area contributed by atoms with E-state index in [0.29, 0.717) is 13.2 Å². The molecule has 0 spiro atoms. The molecule has 4 heteroatoms. The maximum Gasteiger partial charge on any atom is 0.330 e. The van der Waals surface area contributed by atoms with Crippen LogP contribution in [0.2, 0.25) is 0 Å². The third kappa shape index (κ3) is 3.97. The summed E-state index contributed by atoms with van der Waals surface area (Å²) in [5.41, 5.74) is 3.47.